The van der Waals surface area contributed by atoms with Crippen LogP contribution in [0.4, 0.5) is 30.1 Å². The summed E-state index contributed by atoms with van der Waals surface area (Å²) in [6.45, 7) is 11.6. The summed E-state index contributed by atoms with van der Waals surface area (Å²) in [6.07, 6.45) is 0.0913. The topological polar surface area (TPSA) is 181 Å². The highest BCUT2D eigenvalue weighted by molar-refractivity contribution is 7.91. The van der Waals surface area contributed by atoms with Gasteiger partial charge in [-0.05, 0) is 65.9 Å². The standard InChI is InChI=1S/C37H49FN4O11S/c1-8-17-50-33(44)39-54(48,49)41(22-30(43)52-36(2,3)4)32-29(51-23-25-13-10-9-11-14-25)19-28-27(31(32)38)18-26(42(28)34(45)46)21-40(20-24-15-12-16-24)35(47)53-37(5,6)7/h8-11,13-14,19,24,26H,1,12,15-18,20-23H2,2-7H3,(H,39,44)(H,45,46)/t26-/m1/s1. The van der Waals surface area contributed by atoms with Crippen LogP contribution in [0, 0.1) is 11.7 Å². The first kappa shape index (κ1) is 41.7. The monoisotopic (exact) mass is 776 g/mol. The summed E-state index contributed by atoms with van der Waals surface area (Å²) in [4.78, 5) is 54.3. The van der Waals surface area contributed by atoms with E-state index < -0.39 is 75.5 Å². The van der Waals surface area contributed by atoms with Crippen molar-refractivity contribution in [2.45, 2.75) is 91.1 Å². The molecule has 2 aromatic rings. The molecule has 17 heteroatoms. The number of rotatable bonds is 14. The third-order valence-electron chi connectivity index (χ3n) is 8.35. The Labute approximate surface area is 315 Å². The van der Waals surface area contributed by atoms with Crippen LogP contribution in [0.1, 0.15) is 71.9 Å². The molecule has 2 aliphatic rings. The van der Waals surface area contributed by atoms with Crippen LogP contribution in [-0.4, -0.2) is 86.2 Å². The van der Waals surface area contributed by atoms with Gasteiger partial charge in [-0.2, -0.15) is 8.42 Å². The second-order valence-electron chi connectivity index (χ2n) is 15.1. The maximum atomic E-state index is 17.3. The Balaban J connectivity index is 1.86. The molecule has 4 rings (SSSR count). The fourth-order valence-electron chi connectivity index (χ4n) is 5.95. The van der Waals surface area contributed by atoms with Crippen LogP contribution in [0.2, 0.25) is 0 Å². The zero-order valence-corrected chi connectivity index (χ0v) is 32.2. The minimum Gasteiger partial charge on any atom is -0.487 e. The van der Waals surface area contributed by atoms with Crippen molar-refractivity contribution < 1.29 is 56.0 Å². The predicted molar refractivity (Wildman–Crippen MR) is 197 cm³/mol. The van der Waals surface area contributed by atoms with Crippen LogP contribution in [-0.2, 0) is 42.2 Å². The number of carbonyl (C=O) groups excluding carboxylic acids is 3. The number of nitrogens with one attached hydrogen (secondary N) is 1. The zero-order chi connectivity index (χ0) is 40.0. The maximum absolute atomic E-state index is 17.3. The lowest BCUT2D eigenvalue weighted by Gasteiger charge is -2.36. The summed E-state index contributed by atoms with van der Waals surface area (Å²) >= 11 is 0. The molecule has 0 saturated heterocycles. The van der Waals surface area contributed by atoms with Crippen LogP contribution in [0.15, 0.2) is 49.1 Å². The number of halogens is 1. The van der Waals surface area contributed by atoms with Crippen molar-refractivity contribution in [1.82, 2.24) is 9.62 Å². The first-order valence-electron chi connectivity index (χ1n) is 17.5. The Kier molecular flexibility index (Phi) is 13.1. The van der Waals surface area contributed by atoms with E-state index in [1.807, 2.05) is 0 Å². The minimum atomic E-state index is -5.15. The summed E-state index contributed by atoms with van der Waals surface area (Å²) in [6, 6.07) is 8.73. The van der Waals surface area contributed by atoms with Crippen LogP contribution < -0.4 is 18.7 Å². The van der Waals surface area contributed by atoms with Gasteiger partial charge in [-0.25, -0.2) is 27.8 Å². The lowest BCUT2D eigenvalue weighted by atomic mass is 9.85. The lowest BCUT2D eigenvalue weighted by Crippen LogP contribution is -2.49. The van der Waals surface area contributed by atoms with Gasteiger partial charge in [-0.1, -0.05) is 49.4 Å². The van der Waals surface area contributed by atoms with Gasteiger partial charge in [0.25, 0.3) is 0 Å². The Hall–Kier alpha value is -5.06. The fourth-order valence-corrected chi connectivity index (χ4v) is 7.02. The molecule has 0 unspecified atom stereocenters. The van der Waals surface area contributed by atoms with Gasteiger partial charge >= 0.3 is 34.5 Å². The Morgan fingerprint density at radius 3 is 2.24 bits per heavy atom. The third-order valence-corrected chi connectivity index (χ3v) is 9.67. The number of nitrogens with zero attached hydrogens (tertiary/aromatic N) is 3. The van der Waals surface area contributed by atoms with Gasteiger partial charge in [0.05, 0.1) is 11.7 Å². The van der Waals surface area contributed by atoms with Gasteiger partial charge in [-0.15, -0.1) is 0 Å². The van der Waals surface area contributed by atoms with Crippen LogP contribution in [0.3, 0.4) is 0 Å². The lowest BCUT2D eigenvalue weighted by molar-refractivity contribution is -0.152. The molecule has 1 aliphatic heterocycles. The van der Waals surface area contributed by atoms with Crippen LogP contribution >= 0.6 is 0 Å². The molecule has 1 atom stereocenters. The van der Waals surface area contributed by atoms with E-state index in [0.29, 0.717) is 12.1 Å². The second kappa shape index (κ2) is 17.0. The van der Waals surface area contributed by atoms with E-state index in [1.165, 1.54) is 17.0 Å². The van der Waals surface area contributed by atoms with Gasteiger partial charge in [0.1, 0.15) is 42.4 Å². The number of anilines is 2. The maximum Gasteiger partial charge on any atom is 0.422 e. The Bertz CT molecular complexity index is 1820. The van der Waals surface area contributed by atoms with E-state index in [4.69, 9.17) is 18.9 Å². The van der Waals surface area contributed by atoms with Gasteiger partial charge in [0.15, 0.2) is 5.82 Å². The molecule has 54 heavy (non-hydrogen) atoms. The molecule has 1 heterocycles. The van der Waals surface area contributed by atoms with Crippen molar-refractivity contribution in [3.05, 3.63) is 66.0 Å². The molecule has 0 spiro atoms. The normalized spacial score (nSPS) is 15.7. The highest BCUT2D eigenvalue weighted by Crippen LogP contribution is 2.45. The van der Waals surface area contributed by atoms with E-state index in [0.717, 1.165) is 24.2 Å². The molecular weight excluding hydrogens is 727 g/mol. The number of benzene rings is 2. The highest BCUT2D eigenvalue weighted by Gasteiger charge is 2.43. The van der Waals surface area contributed by atoms with Crippen molar-refractivity contribution in [2.24, 2.45) is 5.92 Å². The molecule has 1 aliphatic carbocycles. The molecule has 1 fully saturated rings. The number of carboxylic acid groups (broad SMARTS) is 1. The van der Waals surface area contributed by atoms with Crippen LogP contribution in [0.25, 0.3) is 0 Å². The second-order valence-corrected chi connectivity index (χ2v) is 16.7. The van der Waals surface area contributed by atoms with Crippen molar-refractivity contribution >= 4 is 45.8 Å². The molecule has 2 aromatic carbocycles. The molecule has 3 amide bonds. The first-order chi connectivity index (χ1) is 25.2. The van der Waals surface area contributed by atoms with Gasteiger partial charge in [-0.3, -0.25) is 9.69 Å². The molecular formula is C37H49FN4O11S. The van der Waals surface area contributed by atoms with E-state index in [1.54, 1.807) is 76.6 Å². The number of fused-ring (bicyclic) bond motifs is 1. The van der Waals surface area contributed by atoms with Crippen molar-refractivity contribution in [1.29, 1.82) is 0 Å². The van der Waals surface area contributed by atoms with E-state index in [-0.39, 0.29) is 47.7 Å². The van der Waals surface area contributed by atoms with Crippen molar-refractivity contribution in [2.75, 3.05) is 35.4 Å². The van der Waals surface area contributed by atoms with Crippen LogP contribution in [0.5, 0.6) is 5.75 Å². The number of carbonyl (C=O) groups is 4. The zero-order valence-electron chi connectivity index (χ0n) is 31.4. The van der Waals surface area contributed by atoms with Crippen molar-refractivity contribution in [3.8, 4) is 5.75 Å². The van der Waals surface area contributed by atoms with Gasteiger partial charge < -0.3 is 29.0 Å². The highest BCUT2D eigenvalue weighted by atomic mass is 32.2. The summed E-state index contributed by atoms with van der Waals surface area (Å²) in [5.74, 6) is -2.62. The number of hydrogen-bond donors (Lipinski definition) is 2. The summed E-state index contributed by atoms with van der Waals surface area (Å²) in [5.41, 5.74) is -2.51. The number of amides is 3. The quantitative estimate of drug-likeness (QED) is 0.128. The molecule has 2 N–H and O–H groups in total. The van der Waals surface area contributed by atoms with Crippen molar-refractivity contribution in [3.63, 3.8) is 0 Å². The van der Waals surface area contributed by atoms with Gasteiger partial charge in [0.2, 0.25) is 0 Å². The molecule has 296 valence electrons. The molecule has 15 nitrogen and oxygen atoms in total. The summed E-state index contributed by atoms with van der Waals surface area (Å²) in [7, 11) is -5.15. The Morgan fingerprint density at radius 2 is 1.69 bits per heavy atom. The molecule has 0 radical (unpaired) electrons. The third kappa shape index (κ3) is 11.0. The predicted octanol–water partition coefficient (Wildman–Crippen LogP) is 6.16. The van der Waals surface area contributed by atoms with Gasteiger partial charge in [0, 0.05) is 31.1 Å². The van der Waals surface area contributed by atoms with E-state index in [2.05, 4.69) is 6.58 Å². The average molecular weight is 777 g/mol. The number of ether oxygens (including phenoxy) is 4. The number of hydrogen-bond acceptors (Lipinski definition) is 10. The summed E-state index contributed by atoms with van der Waals surface area (Å²) < 4.78 is 68.8. The largest absolute Gasteiger partial charge is 0.487 e. The minimum absolute atomic E-state index is 0.155. The average Bonchev–Trinajstić information content (AvgIpc) is 3.40. The van der Waals surface area contributed by atoms with E-state index >= 15 is 4.39 Å². The molecule has 0 bridgehead atoms. The number of esters is 1. The fraction of sp³-hybridized carbons (Fsp3) is 0.514. The first-order valence-corrected chi connectivity index (χ1v) is 18.9. The summed E-state index contributed by atoms with van der Waals surface area (Å²) in [5, 5.41) is 10.5. The molecule has 0 aromatic heterocycles. The molecule has 1 saturated carbocycles. The van der Waals surface area contributed by atoms with E-state index in [9.17, 15) is 32.7 Å². The Morgan fingerprint density at radius 1 is 1.04 bits per heavy atom. The SMILES string of the molecule is C=CCOC(=O)NS(=O)(=O)N(CC(=O)OC(C)(C)C)c1c(OCc2ccccc2)cc2c(c1F)C[C@H](CN(CC1CCC1)C(=O)OC(C)(C)C)N2C(=O)O. The smallest absolute Gasteiger partial charge is 0.422 e.